The molecule has 1 N–H and O–H groups in total. The molecular weight excluding hydrogens is 647 g/mol. The van der Waals surface area contributed by atoms with Crippen LogP contribution in [0.2, 0.25) is 0 Å². The molecule has 4 aromatic rings. The molecule has 3 amide bonds. The molecule has 4 heterocycles. The van der Waals surface area contributed by atoms with Crippen molar-refractivity contribution in [3.63, 3.8) is 0 Å². The number of hydrogen-bond donors (Lipinski definition) is 1. The van der Waals surface area contributed by atoms with Crippen molar-refractivity contribution < 1.29 is 24.2 Å². The van der Waals surface area contributed by atoms with Crippen LogP contribution in [0.1, 0.15) is 25.5 Å². The van der Waals surface area contributed by atoms with E-state index >= 15 is 9.59 Å². The smallest absolute Gasteiger partial charge is 0.251 e. The number of benzene rings is 4. The molecule has 0 aliphatic carbocycles. The highest BCUT2D eigenvalue weighted by Gasteiger charge is 2.74. The van der Waals surface area contributed by atoms with Crippen LogP contribution in [-0.2, 0) is 14.4 Å². The summed E-state index contributed by atoms with van der Waals surface area (Å²) >= 11 is 1.54. The van der Waals surface area contributed by atoms with E-state index in [0.717, 1.165) is 22.0 Å². The molecule has 6 atom stereocenters. The molecule has 1 spiro atoms. The lowest BCUT2D eigenvalue weighted by molar-refractivity contribution is -0.142. The molecule has 1 unspecified atom stereocenters. The predicted molar refractivity (Wildman–Crippen MR) is 197 cm³/mol. The lowest BCUT2D eigenvalue weighted by Gasteiger charge is -2.40. The number of hydrogen-bond acceptors (Lipinski definition) is 6. The van der Waals surface area contributed by atoms with Gasteiger partial charge in [-0.3, -0.25) is 14.4 Å². The first-order chi connectivity index (χ1) is 24.3. The van der Waals surface area contributed by atoms with Gasteiger partial charge < -0.3 is 24.5 Å². The summed E-state index contributed by atoms with van der Waals surface area (Å²) in [5, 5.41) is 13.0. The number of carbonyl (C=O) groups excluding carboxylic acids is 3. The van der Waals surface area contributed by atoms with Crippen LogP contribution in [0.4, 0.5) is 11.4 Å². The van der Waals surface area contributed by atoms with E-state index in [2.05, 4.69) is 6.08 Å². The topological polar surface area (TPSA) is 90.4 Å². The Morgan fingerprint density at radius 3 is 2.16 bits per heavy atom. The fraction of sp³-hybridized carbons (Fsp3) is 0.293. The van der Waals surface area contributed by atoms with Crippen molar-refractivity contribution in [2.45, 2.75) is 35.4 Å². The summed E-state index contributed by atoms with van der Waals surface area (Å²) in [5.74, 6) is -1.60. The molecule has 9 heteroatoms. The Bertz CT molecular complexity index is 2030. The SMILES string of the molecule is CCOc1ccc(N2CC=C[C@@]3(C)S[C@]45C=CCN(c6ccc7ccccc7c6)C(=O)C4N([C@H](CO)c4ccccc4)C(=O)[C@@H]5[C@H]3C2=O)cc1. The first kappa shape index (κ1) is 32.4. The van der Waals surface area contributed by atoms with Crippen molar-refractivity contribution in [3.8, 4) is 5.75 Å². The quantitative estimate of drug-likeness (QED) is 0.234. The summed E-state index contributed by atoms with van der Waals surface area (Å²) in [6.45, 7) is 4.77. The number of carbonyl (C=O) groups is 3. The first-order valence-corrected chi connectivity index (χ1v) is 18.0. The lowest BCUT2D eigenvalue weighted by Crippen LogP contribution is -2.54. The standard InChI is InChI=1S/C41H39N3O5S/c1-3-49-32-19-17-30(18-20-32)42-23-9-21-40(2)34(37(42)46)35-38(47)44(33(26-45)28-12-5-4-6-13-28)36-39(48)43(24-10-22-41(35,36)50-40)31-16-15-27-11-7-8-14-29(27)25-31/h4-22,25,33-36,45H,3,23-24,26H2,1-2H3/t33-,34+,35+,36?,40-,41+/m1/s1. The number of rotatable bonds is 7. The van der Waals surface area contributed by atoms with Crippen LogP contribution < -0.4 is 14.5 Å². The molecule has 0 bridgehead atoms. The second-order valence-electron chi connectivity index (χ2n) is 13.5. The van der Waals surface area contributed by atoms with Crippen molar-refractivity contribution in [1.29, 1.82) is 0 Å². The van der Waals surface area contributed by atoms with Crippen LogP contribution in [0.15, 0.2) is 121 Å². The van der Waals surface area contributed by atoms with Crippen LogP contribution in [0, 0.1) is 11.8 Å². The third-order valence-corrected chi connectivity index (χ3v) is 12.5. The van der Waals surface area contributed by atoms with E-state index in [4.69, 9.17) is 4.74 Å². The third kappa shape index (κ3) is 4.97. The molecule has 50 heavy (non-hydrogen) atoms. The Hall–Kier alpha value is -4.86. The van der Waals surface area contributed by atoms with Gasteiger partial charge >= 0.3 is 0 Å². The Labute approximate surface area is 296 Å². The highest BCUT2D eigenvalue weighted by atomic mass is 32.2. The molecule has 8 rings (SSSR count). The summed E-state index contributed by atoms with van der Waals surface area (Å²) in [7, 11) is 0. The number of anilines is 2. The zero-order valence-corrected chi connectivity index (χ0v) is 28.8. The zero-order chi connectivity index (χ0) is 34.6. The molecule has 8 nitrogen and oxygen atoms in total. The molecule has 254 valence electrons. The number of aliphatic hydroxyl groups is 1. The van der Waals surface area contributed by atoms with Gasteiger partial charge in [0.1, 0.15) is 11.8 Å². The average Bonchev–Trinajstić information content (AvgIpc) is 3.40. The molecule has 4 aromatic carbocycles. The summed E-state index contributed by atoms with van der Waals surface area (Å²) < 4.78 is 3.81. The van der Waals surface area contributed by atoms with Crippen LogP contribution >= 0.6 is 11.8 Å². The number of aliphatic hydroxyl groups excluding tert-OH is 1. The Kier molecular flexibility index (Phi) is 8.07. The van der Waals surface area contributed by atoms with Crippen LogP contribution in [0.3, 0.4) is 0 Å². The first-order valence-electron chi connectivity index (χ1n) is 17.2. The summed E-state index contributed by atoms with van der Waals surface area (Å²) in [6.07, 6.45) is 8.06. The molecule has 0 aromatic heterocycles. The summed E-state index contributed by atoms with van der Waals surface area (Å²) in [6, 6.07) is 29.0. The van der Waals surface area contributed by atoms with Crippen LogP contribution in [0.25, 0.3) is 10.8 Å². The fourth-order valence-corrected chi connectivity index (χ4v) is 10.7. The highest BCUT2D eigenvalue weighted by molar-refractivity contribution is 8.02. The molecule has 4 aliphatic heterocycles. The highest BCUT2D eigenvalue weighted by Crippen LogP contribution is 2.66. The minimum absolute atomic E-state index is 0.165. The molecular formula is C41H39N3O5S. The molecule has 2 fully saturated rings. The minimum Gasteiger partial charge on any atom is -0.494 e. The van der Waals surface area contributed by atoms with E-state index in [9.17, 15) is 9.90 Å². The van der Waals surface area contributed by atoms with Crippen molar-refractivity contribution in [1.82, 2.24) is 4.90 Å². The van der Waals surface area contributed by atoms with Crippen molar-refractivity contribution in [3.05, 3.63) is 127 Å². The fourth-order valence-electron chi connectivity index (χ4n) is 8.52. The van der Waals surface area contributed by atoms with E-state index < -0.39 is 33.4 Å². The largest absolute Gasteiger partial charge is 0.494 e. The summed E-state index contributed by atoms with van der Waals surface area (Å²) in [4.78, 5) is 50.4. The molecule has 2 saturated heterocycles. The minimum atomic E-state index is -1.07. The number of fused-ring (bicyclic) bond motifs is 3. The third-order valence-electron chi connectivity index (χ3n) is 10.7. The maximum absolute atomic E-state index is 15.2. The van der Waals surface area contributed by atoms with Crippen molar-refractivity contribution in [2.75, 3.05) is 36.1 Å². The number of thioether (sulfide) groups is 1. The second kappa shape index (κ2) is 12.5. The Morgan fingerprint density at radius 1 is 0.780 bits per heavy atom. The zero-order valence-electron chi connectivity index (χ0n) is 28.0. The van der Waals surface area contributed by atoms with Gasteiger partial charge in [0.05, 0.1) is 35.8 Å². The van der Waals surface area contributed by atoms with Crippen molar-refractivity contribution in [2.24, 2.45) is 11.8 Å². The molecule has 0 radical (unpaired) electrons. The van der Waals surface area contributed by atoms with E-state index in [0.29, 0.717) is 31.1 Å². The van der Waals surface area contributed by atoms with Gasteiger partial charge in [0.2, 0.25) is 11.8 Å². The molecule has 4 aliphatic rings. The van der Waals surface area contributed by atoms with Crippen molar-refractivity contribution >= 4 is 51.6 Å². The maximum Gasteiger partial charge on any atom is 0.251 e. The van der Waals surface area contributed by atoms with E-state index in [1.807, 2.05) is 129 Å². The Balaban J connectivity index is 1.26. The normalized spacial score (nSPS) is 27.9. The van der Waals surface area contributed by atoms with E-state index in [1.54, 1.807) is 14.7 Å². The van der Waals surface area contributed by atoms with Gasteiger partial charge in [-0.2, -0.15) is 0 Å². The number of nitrogens with zero attached hydrogens (tertiary/aromatic N) is 3. The number of ether oxygens (including phenoxy) is 1. The van der Waals surface area contributed by atoms with E-state index in [-0.39, 0.29) is 24.3 Å². The van der Waals surface area contributed by atoms with Gasteiger partial charge in [-0.1, -0.05) is 85.0 Å². The van der Waals surface area contributed by atoms with Gasteiger partial charge in [-0.25, -0.2) is 0 Å². The van der Waals surface area contributed by atoms with Gasteiger partial charge in [0.25, 0.3) is 5.91 Å². The Morgan fingerprint density at radius 2 is 1.44 bits per heavy atom. The second-order valence-corrected chi connectivity index (χ2v) is 15.3. The van der Waals surface area contributed by atoms with Gasteiger partial charge in [0.15, 0.2) is 0 Å². The number of amides is 3. The van der Waals surface area contributed by atoms with Crippen LogP contribution in [0.5, 0.6) is 5.75 Å². The van der Waals surface area contributed by atoms with Gasteiger partial charge in [0, 0.05) is 29.2 Å². The summed E-state index contributed by atoms with van der Waals surface area (Å²) in [5.41, 5.74) is 2.17. The predicted octanol–water partition coefficient (Wildman–Crippen LogP) is 6.17. The number of likely N-dealkylation sites (tertiary alicyclic amines) is 1. The molecule has 0 saturated carbocycles. The van der Waals surface area contributed by atoms with Gasteiger partial charge in [-0.05, 0) is 66.6 Å². The van der Waals surface area contributed by atoms with E-state index in [1.165, 1.54) is 11.8 Å². The van der Waals surface area contributed by atoms with Gasteiger partial charge in [-0.15, -0.1) is 11.8 Å². The average molecular weight is 686 g/mol. The lowest BCUT2D eigenvalue weighted by atomic mass is 9.74. The van der Waals surface area contributed by atoms with Crippen LogP contribution in [-0.4, -0.2) is 69.6 Å². The monoisotopic (exact) mass is 685 g/mol. The maximum atomic E-state index is 15.2.